The van der Waals surface area contributed by atoms with Crippen molar-refractivity contribution >= 4 is 10.0 Å². The molecule has 96 valence electrons. The molecule has 0 spiro atoms. The van der Waals surface area contributed by atoms with E-state index in [2.05, 4.69) is 5.32 Å². The van der Waals surface area contributed by atoms with Crippen molar-refractivity contribution in [3.05, 3.63) is 29.3 Å². The molecular formula is C11H18N2O3S. The van der Waals surface area contributed by atoms with Crippen LogP contribution in [0.4, 0.5) is 0 Å². The van der Waals surface area contributed by atoms with Crippen molar-refractivity contribution in [3.63, 3.8) is 0 Å². The Hall–Kier alpha value is -1.11. The van der Waals surface area contributed by atoms with Gasteiger partial charge < -0.3 is 10.1 Å². The van der Waals surface area contributed by atoms with Gasteiger partial charge in [0.1, 0.15) is 5.75 Å². The maximum Gasteiger partial charge on any atom is 0.210 e. The topological polar surface area (TPSA) is 81.4 Å². The van der Waals surface area contributed by atoms with Crippen molar-refractivity contribution in [2.24, 2.45) is 5.14 Å². The van der Waals surface area contributed by atoms with E-state index in [4.69, 9.17) is 9.88 Å². The molecule has 0 amide bonds. The van der Waals surface area contributed by atoms with Gasteiger partial charge in [0.25, 0.3) is 0 Å². The molecule has 3 N–H and O–H groups in total. The lowest BCUT2D eigenvalue weighted by Crippen LogP contribution is -2.26. The van der Waals surface area contributed by atoms with Crippen LogP contribution in [-0.2, 0) is 16.6 Å². The summed E-state index contributed by atoms with van der Waals surface area (Å²) in [6.07, 6.45) is 0. The molecular weight excluding hydrogens is 240 g/mol. The Kier molecular flexibility index (Phi) is 4.92. The van der Waals surface area contributed by atoms with Gasteiger partial charge in [0, 0.05) is 13.1 Å². The molecule has 5 nitrogen and oxygen atoms in total. The third kappa shape index (κ3) is 5.16. The van der Waals surface area contributed by atoms with Crippen LogP contribution in [0.2, 0.25) is 0 Å². The summed E-state index contributed by atoms with van der Waals surface area (Å²) in [5, 5.41) is 7.92. The predicted molar refractivity (Wildman–Crippen MR) is 67.4 cm³/mol. The summed E-state index contributed by atoms with van der Waals surface area (Å²) < 4.78 is 26.6. The van der Waals surface area contributed by atoms with E-state index < -0.39 is 10.0 Å². The second kappa shape index (κ2) is 6.00. The number of hydrogen-bond donors (Lipinski definition) is 2. The molecule has 0 heterocycles. The number of sulfonamides is 1. The van der Waals surface area contributed by atoms with Crippen LogP contribution in [0.1, 0.15) is 11.1 Å². The summed E-state index contributed by atoms with van der Waals surface area (Å²) in [6, 6.07) is 5.84. The zero-order valence-electron chi connectivity index (χ0n) is 10.1. The van der Waals surface area contributed by atoms with Crippen LogP contribution in [-0.4, -0.2) is 27.8 Å². The molecule has 0 aromatic heterocycles. The minimum atomic E-state index is -3.38. The minimum Gasteiger partial charge on any atom is -0.496 e. The zero-order valence-corrected chi connectivity index (χ0v) is 10.9. The number of nitrogens with two attached hydrogens (primary N) is 1. The van der Waals surface area contributed by atoms with Gasteiger partial charge in [-0.05, 0) is 24.1 Å². The molecule has 1 aromatic rings. The Balaban J connectivity index is 2.45. The van der Waals surface area contributed by atoms with E-state index in [0.717, 1.165) is 16.9 Å². The van der Waals surface area contributed by atoms with E-state index >= 15 is 0 Å². The second-order valence-corrected chi connectivity index (χ2v) is 5.58. The van der Waals surface area contributed by atoms with Crippen LogP contribution in [0, 0.1) is 6.92 Å². The quantitative estimate of drug-likeness (QED) is 0.723. The molecule has 0 saturated heterocycles. The normalized spacial score (nSPS) is 11.5. The van der Waals surface area contributed by atoms with Gasteiger partial charge in [0.05, 0.1) is 12.9 Å². The van der Waals surface area contributed by atoms with Crippen LogP contribution in [0.15, 0.2) is 18.2 Å². The maximum absolute atomic E-state index is 10.7. The van der Waals surface area contributed by atoms with Crippen LogP contribution < -0.4 is 15.2 Å². The lowest BCUT2D eigenvalue weighted by molar-refractivity contribution is 0.411. The Morgan fingerprint density at radius 1 is 1.41 bits per heavy atom. The fraction of sp³-hybridized carbons (Fsp3) is 0.455. The fourth-order valence-electron chi connectivity index (χ4n) is 1.50. The highest BCUT2D eigenvalue weighted by atomic mass is 32.2. The van der Waals surface area contributed by atoms with E-state index in [9.17, 15) is 8.42 Å². The standard InChI is InChI=1S/C11H18N2O3S/c1-9-7-10(3-4-11(9)16-2)8-13-5-6-17(12,14)15/h3-4,7,13H,5-6,8H2,1-2H3,(H2,12,14,15). The highest BCUT2D eigenvalue weighted by Gasteiger charge is 2.02. The third-order valence-corrected chi connectivity index (χ3v) is 3.12. The molecule has 0 aliphatic heterocycles. The van der Waals surface area contributed by atoms with Gasteiger partial charge in [0.2, 0.25) is 10.0 Å². The molecule has 0 aliphatic rings. The Morgan fingerprint density at radius 2 is 2.12 bits per heavy atom. The first-order valence-electron chi connectivity index (χ1n) is 5.27. The smallest absolute Gasteiger partial charge is 0.210 e. The molecule has 1 aromatic carbocycles. The first-order chi connectivity index (χ1) is 7.92. The SMILES string of the molecule is COc1ccc(CNCCS(N)(=O)=O)cc1C. The monoisotopic (exact) mass is 258 g/mol. The minimum absolute atomic E-state index is 0.0534. The van der Waals surface area contributed by atoms with E-state index in [-0.39, 0.29) is 5.75 Å². The van der Waals surface area contributed by atoms with Crippen molar-refractivity contribution in [3.8, 4) is 5.75 Å². The van der Waals surface area contributed by atoms with Gasteiger partial charge in [-0.3, -0.25) is 0 Å². The Bertz CT molecular complexity index is 472. The number of nitrogens with one attached hydrogen (secondary N) is 1. The number of hydrogen-bond acceptors (Lipinski definition) is 4. The summed E-state index contributed by atoms with van der Waals surface area (Å²) in [7, 11) is -1.75. The van der Waals surface area contributed by atoms with Crippen molar-refractivity contribution < 1.29 is 13.2 Å². The average Bonchev–Trinajstić information content (AvgIpc) is 2.23. The Labute approximate surface area is 102 Å². The predicted octanol–water partition coefficient (Wildman–Crippen LogP) is 0.382. The molecule has 0 bridgehead atoms. The summed E-state index contributed by atoms with van der Waals surface area (Å²) in [5.41, 5.74) is 2.14. The highest BCUT2D eigenvalue weighted by molar-refractivity contribution is 7.89. The number of primary sulfonamides is 1. The first-order valence-corrected chi connectivity index (χ1v) is 6.98. The van der Waals surface area contributed by atoms with E-state index in [0.29, 0.717) is 13.1 Å². The van der Waals surface area contributed by atoms with Crippen molar-refractivity contribution in [2.75, 3.05) is 19.4 Å². The highest BCUT2D eigenvalue weighted by Crippen LogP contribution is 2.18. The summed E-state index contributed by atoms with van der Waals surface area (Å²) in [6.45, 7) is 2.93. The molecule has 0 radical (unpaired) electrons. The van der Waals surface area contributed by atoms with E-state index in [1.165, 1.54) is 0 Å². The second-order valence-electron chi connectivity index (χ2n) is 3.85. The molecule has 0 atom stereocenters. The lowest BCUT2D eigenvalue weighted by atomic mass is 10.1. The molecule has 0 fully saturated rings. The number of methoxy groups -OCH3 is 1. The van der Waals surface area contributed by atoms with E-state index in [1.807, 2.05) is 25.1 Å². The average molecular weight is 258 g/mol. The van der Waals surface area contributed by atoms with Gasteiger partial charge in [-0.2, -0.15) is 0 Å². The summed E-state index contributed by atoms with van der Waals surface area (Å²) in [4.78, 5) is 0. The van der Waals surface area contributed by atoms with Crippen LogP contribution in [0.3, 0.4) is 0 Å². The zero-order chi connectivity index (χ0) is 12.9. The first kappa shape index (κ1) is 14.0. The summed E-state index contributed by atoms with van der Waals surface area (Å²) in [5.74, 6) is 0.792. The third-order valence-electron chi connectivity index (χ3n) is 2.35. The number of rotatable bonds is 6. The largest absolute Gasteiger partial charge is 0.496 e. The van der Waals surface area contributed by atoms with Crippen molar-refractivity contribution in [1.29, 1.82) is 0 Å². The lowest BCUT2D eigenvalue weighted by Gasteiger charge is -2.08. The maximum atomic E-state index is 10.7. The molecule has 0 unspecified atom stereocenters. The summed E-state index contributed by atoms with van der Waals surface area (Å²) >= 11 is 0. The number of ether oxygens (including phenoxy) is 1. The van der Waals surface area contributed by atoms with Gasteiger partial charge in [-0.1, -0.05) is 12.1 Å². The molecule has 0 saturated carbocycles. The van der Waals surface area contributed by atoms with Gasteiger partial charge >= 0.3 is 0 Å². The van der Waals surface area contributed by atoms with Crippen molar-refractivity contribution in [2.45, 2.75) is 13.5 Å². The number of benzene rings is 1. The van der Waals surface area contributed by atoms with Crippen LogP contribution in [0.25, 0.3) is 0 Å². The van der Waals surface area contributed by atoms with Gasteiger partial charge in [-0.15, -0.1) is 0 Å². The van der Waals surface area contributed by atoms with Gasteiger partial charge in [-0.25, -0.2) is 13.6 Å². The number of aryl methyl sites for hydroxylation is 1. The van der Waals surface area contributed by atoms with Crippen LogP contribution >= 0.6 is 0 Å². The molecule has 6 heteroatoms. The molecule has 1 rings (SSSR count). The van der Waals surface area contributed by atoms with Crippen LogP contribution in [0.5, 0.6) is 5.75 Å². The van der Waals surface area contributed by atoms with E-state index in [1.54, 1.807) is 7.11 Å². The van der Waals surface area contributed by atoms with Gasteiger partial charge in [0.15, 0.2) is 0 Å². The molecule has 17 heavy (non-hydrogen) atoms. The van der Waals surface area contributed by atoms with Crippen molar-refractivity contribution in [1.82, 2.24) is 5.32 Å². The molecule has 0 aliphatic carbocycles. The fourth-order valence-corrected chi connectivity index (χ4v) is 1.93. The Morgan fingerprint density at radius 3 is 2.65 bits per heavy atom.